The van der Waals surface area contributed by atoms with E-state index in [-0.39, 0.29) is 24.2 Å². The zero-order chi connectivity index (χ0) is 16.5. The molecule has 1 fully saturated rings. The van der Waals surface area contributed by atoms with Crippen LogP contribution in [0.25, 0.3) is 0 Å². The van der Waals surface area contributed by atoms with Crippen molar-refractivity contribution in [3.05, 3.63) is 41.0 Å². The summed E-state index contributed by atoms with van der Waals surface area (Å²) >= 11 is 0. The fourth-order valence-electron chi connectivity index (χ4n) is 5.75. The molecule has 2 bridgehead atoms. The molecule has 0 saturated carbocycles. The van der Waals surface area contributed by atoms with E-state index in [1.807, 2.05) is 13.0 Å². The van der Waals surface area contributed by atoms with Crippen molar-refractivity contribution in [3.8, 4) is 5.75 Å². The fraction of sp³-hybridized carbons (Fsp3) is 0.600. The molecule has 5 atom stereocenters. The van der Waals surface area contributed by atoms with Crippen molar-refractivity contribution in [1.29, 1.82) is 0 Å². The van der Waals surface area contributed by atoms with Crippen molar-refractivity contribution in [2.45, 2.75) is 50.0 Å². The van der Waals surface area contributed by atoms with Crippen LogP contribution in [0.2, 0.25) is 0 Å². The largest absolute Gasteiger partial charge is 0.486 e. The molecule has 2 heterocycles. The van der Waals surface area contributed by atoms with Gasteiger partial charge in [-0.1, -0.05) is 24.3 Å². The Hall–Kier alpha value is -1.36. The van der Waals surface area contributed by atoms with Gasteiger partial charge < -0.3 is 19.5 Å². The van der Waals surface area contributed by atoms with Gasteiger partial charge in [0.15, 0.2) is 0 Å². The third-order valence-electron chi connectivity index (χ3n) is 6.76. The van der Waals surface area contributed by atoms with E-state index >= 15 is 0 Å². The number of aliphatic hydroxyl groups is 1. The highest BCUT2D eigenvalue weighted by atomic mass is 16.5. The predicted octanol–water partition coefficient (Wildman–Crippen LogP) is 2.03. The zero-order valence-corrected chi connectivity index (χ0v) is 14.4. The van der Waals surface area contributed by atoms with Crippen LogP contribution in [0.5, 0.6) is 5.75 Å². The SMILES string of the molecule is CCO[C@H]1C=CC2C3Cc4ccc(CO)c5c4[C@@]2(CCN3C)C1O5. The second-order valence-corrected chi connectivity index (χ2v) is 7.66. The molecule has 1 aromatic rings. The summed E-state index contributed by atoms with van der Waals surface area (Å²) in [5.74, 6) is 1.42. The number of nitrogens with zero attached hydrogens (tertiary/aromatic N) is 1. The van der Waals surface area contributed by atoms with Crippen LogP contribution in [-0.2, 0) is 23.2 Å². The van der Waals surface area contributed by atoms with Crippen LogP contribution in [-0.4, -0.2) is 48.5 Å². The van der Waals surface area contributed by atoms with Crippen LogP contribution in [0.1, 0.15) is 30.0 Å². The van der Waals surface area contributed by atoms with E-state index in [9.17, 15) is 5.11 Å². The molecule has 3 unspecified atom stereocenters. The average molecular weight is 327 g/mol. The maximum Gasteiger partial charge on any atom is 0.139 e. The second-order valence-electron chi connectivity index (χ2n) is 7.66. The average Bonchev–Trinajstić information content (AvgIpc) is 2.94. The number of piperidine rings is 1. The molecule has 1 spiro atoms. The number of hydrogen-bond acceptors (Lipinski definition) is 4. The highest BCUT2D eigenvalue weighted by Crippen LogP contribution is 2.61. The molecule has 4 aliphatic rings. The highest BCUT2D eigenvalue weighted by molar-refractivity contribution is 5.59. The third-order valence-corrected chi connectivity index (χ3v) is 6.76. The van der Waals surface area contributed by atoms with Gasteiger partial charge in [-0.15, -0.1) is 0 Å². The van der Waals surface area contributed by atoms with E-state index in [0.29, 0.717) is 18.6 Å². The molecule has 2 aliphatic carbocycles. The first-order valence-electron chi connectivity index (χ1n) is 9.13. The Balaban J connectivity index is 1.76. The van der Waals surface area contributed by atoms with E-state index in [1.165, 1.54) is 11.1 Å². The van der Waals surface area contributed by atoms with Gasteiger partial charge >= 0.3 is 0 Å². The number of rotatable bonds is 3. The minimum absolute atomic E-state index is 0.000184. The highest BCUT2D eigenvalue weighted by Gasteiger charge is 2.64. The Kier molecular flexibility index (Phi) is 3.16. The molecule has 1 aromatic carbocycles. The Morgan fingerprint density at radius 2 is 2.25 bits per heavy atom. The lowest BCUT2D eigenvalue weighted by molar-refractivity contribution is -0.0681. The van der Waals surface area contributed by atoms with E-state index in [2.05, 4.69) is 30.2 Å². The van der Waals surface area contributed by atoms with Crippen molar-refractivity contribution >= 4 is 0 Å². The quantitative estimate of drug-likeness (QED) is 0.863. The number of aliphatic hydroxyl groups excluding tert-OH is 1. The summed E-state index contributed by atoms with van der Waals surface area (Å²) < 4.78 is 12.6. The predicted molar refractivity (Wildman–Crippen MR) is 91.2 cm³/mol. The number of ether oxygens (including phenoxy) is 2. The standard InChI is InChI=1S/C20H25NO3/c1-3-23-16-7-6-14-15-10-12-4-5-13(11-22)18-17(12)20(14,19(16)24-18)8-9-21(15)2/h4-7,14-16,19,22H,3,8-11H2,1-2H3/t14?,15?,16-,19?,20-/m0/s1. The molecular weight excluding hydrogens is 302 g/mol. The molecule has 2 aliphatic heterocycles. The Morgan fingerprint density at radius 3 is 3.04 bits per heavy atom. The van der Waals surface area contributed by atoms with Crippen molar-refractivity contribution in [1.82, 2.24) is 4.90 Å². The van der Waals surface area contributed by atoms with E-state index < -0.39 is 0 Å². The summed E-state index contributed by atoms with van der Waals surface area (Å²) in [5, 5.41) is 9.81. The Bertz CT molecular complexity index is 715. The maximum atomic E-state index is 9.81. The van der Waals surface area contributed by atoms with Crippen molar-refractivity contribution in [2.75, 3.05) is 20.2 Å². The molecular formula is C20H25NO3. The minimum atomic E-state index is 0.000184. The lowest BCUT2D eigenvalue weighted by Crippen LogP contribution is -2.65. The van der Waals surface area contributed by atoms with Gasteiger partial charge in [0.1, 0.15) is 18.0 Å². The summed E-state index contributed by atoms with van der Waals surface area (Å²) in [6, 6.07) is 4.79. The van der Waals surface area contributed by atoms with Crippen LogP contribution in [0.15, 0.2) is 24.3 Å². The normalized spacial score (nSPS) is 38.8. The minimum Gasteiger partial charge on any atom is -0.486 e. The van der Waals surface area contributed by atoms with Gasteiger partial charge in [-0.25, -0.2) is 0 Å². The number of benzene rings is 1. The number of likely N-dealkylation sites (N-methyl/N-ethyl adjacent to an activating group) is 1. The van der Waals surface area contributed by atoms with Crippen molar-refractivity contribution in [3.63, 3.8) is 0 Å². The monoisotopic (exact) mass is 327 g/mol. The molecule has 4 heteroatoms. The lowest BCUT2D eigenvalue weighted by Gasteiger charge is -2.56. The molecule has 0 aromatic heterocycles. The van der Waals surface area contributed by atoms with Gasteiger partial charge in [0.05, 0.1) is 6.61 Å². The molecule has 24 heavy (non-hydrogen) atoms. The number of hydrogen-bond donors (Lipinski definition) is 1. The summed E-state index contributed by atoms with van der Waals surface area (Å²) in [4.78, 5) is 2.51. The van der Waals surface area contributed by atoms with Crippen LogP contribution < -0.4 is 4.74 Å². The summed E-state index contributed by atoms with van der Waals surface area (Å²) in [6.07, 6.45) is 6.81. The van der Waals surface area contributed by atoms with E-state index in [1.54, 1.807) is 0 Å². The molecule has 0 radical (unpaired) electrons. The summed E-state index contributed by atoms with van der Waals surface area (Å²) in [7, 11) is 2.25. The van der Waals surface area contributed by atoms with Gasteiger partial charge in [-0.3, -0.25) is 0 Å². The van der Waals surface area contributed by atoms with E-state index in [4.69, 9.17) is 9.47 Å². The maximum absolute atomic E-state index is 9.81. The Morgan fingerprint density at radius 1 is 1.38 bits per heavy atom. The first-order chi connectivity index (χ1) is 11.7. The van der Waals surface area contributed by atoms with Gasteiger partial charge in [-0.2, -0.15) is 0 Å². The van der Waals surface area contributed by atoms with Gasteiger partial charge in [0.2, 0.25) is 0 Å². The van der Waals surface area contributed by atoms with Crippen LogP contribution in [0, 0.1) is 5.92 Å². The van der Waals surface area contributed by atoms with Crippen molar-refractivity contribution in [2.24, 2.45) is 5.92 Å². The third kappa shape index (κ3) is 1.64. The number of likely N-dealkylation sites (tertiary alicyclic amines) is 1. The van der Waals surface area contributed by atoms with Crippen LogP contribution in [0.3, 0.4) is 0 Å². The molecule has 128 valence electrons. The molecule has 1 N–H and O–H groups in total. The fourth-order valence-corrected chi connectivity index (χ4v) is 5.75. The first-order valence-corrected chi connectivity index (χ1v) is 9.13. The summed E-state index contributed by atoms with van der Waals surface area (Å²) in [6.45, 7) is 3.86. The molecule has 0 amide bonds. The molecule has 4 nitrogen and oxygen atoms in total. The lowest BCUT2D eigenvalue weighted by atomic mass is 9.53. The molecule has 5 rings (SSSR count). The smallest absolute Gasteiger partial charge is 0.139 e. The topological polar surface area (TPSA) is 41.9 Å². The van der Waals surface area contributed by atoms with Crippen LogP contribution in [0.4, 0.5) is 0 Å². The Labute approximate surface area is 143 Å². The van der Waals surface area contributed by atoms with Crippen molar-refractivity contribution < 1.29 is 14.6 Å². The summed E-state index contributed by atoms with van der Waals surface area (Å²) in [5.41, 5.74) is 3.72. The van der Waals surface area contributed by atoms with Gasteiger partial charge in [-0.05, 0) is 38.9 Å². The van der Waals surface area contributed by atoms with Crippen LogP contribution >= 0.6 is 0 Å². The zero-order valence-electron chi connectivity index (χ0n) is 14.4. The molecule has 1 saturated heterocycles. The van der Waals surface area contributed by atoms with Gasteiger partial charge in [0.25, 0.3) is 0 Å². The second kappa shape index (κ2) is 5.07. The first kappa shape index (κ1) is 14.9. The van der Waals surface area contributed by atoms with Gasteiger partial charge in [0, 0.05) is 35.1 Å². The van der Waals surface area contributed by atoms with E-state index in [0.717, 1.165) is 30.7 Å².